The largest absolute Gasteiger partial charge is 0.465 e. The van der Waals surface area contributed by atoms with E-state index in [0.29, 0.717) is 0 Å². The van der Waals surface area contributed by atoms with Crippen LogP contribution >= 0.6 is 0 Å². The molecule has 0 fully saturated rings. The quantitative estimate of drug-likeness (QED) is 0.179. The van der Waals surface area contributed by atoms with E-state index in [1.54, 1.807) is 0 Å². The van der Waals surface area contributed by atoms with E-state index in [0.717, 1.165) is 0 Å². The highest BCUT2D eigenvalue weighted by Crippen LogP contribution is 2.58. The first-order chi connectivity index (χ1) is 15.7. The summed E-state index contributed by atoms with van der Waals surface area (Å²) in [6.07, 6.45) is -6.31. The SMILES string of the molecule is CCC(CC(C)C(=O)OCCCO)C(=O)OCC(F)(F)C(F)(F)C(F)(F)C(F)(F)C(F)(F)C(F)F. The molecule has 0 amide bonds. The molecule has 0 aliphatic carbocycles. The maximum absolute atomic E-state index is 13.7. The van der Waals surface area contributed by atoms with Gasteiger partial charge in [0.1, 0.15) is 0 Å². The number of rotatable bonds is 15. The predicted octanol–water partition coefficient (Wildman–Crippen LogP) is 4.95. The van der Waals surface area contributed by atoms with E-state index in [-0.39, 0.29) is 26.1 Å². The first kappa shape index (κ1) is 33.1. The Morgan fingerprint density at radius 2 is 1.34 bits per heavy atom. The van der Waals surface area contributed by atoms with Gasteiger partial charge in [0.25, 0.3) is 0 Å². The third-order valence-electron chi connectivity index (χ3n) is 4.75. The summed E-state index contributed by atoms with van der Waals surface area (Å²) in [6, 6.07) is 0. The molecule has 1 N–H and O–H groups in total. The van der Waals surface area contributed by atoms with Gasteiger partial charge < -0.3 is 14.6 Å². The van der Waals surface area contributed by atoms with Crippen LogP contribution in [-0.4, -0.2) is 72.9 Å². The Hall–Kier alpha value is -1.94. The van der Waals surface area contributed by atoms with E-state index in [1.165, 1.54) is 13.8 Å². The van der Waals surface area contributed by atoms with Crippen LogP contribution in [0.4, 0.5) is 52.7 Å². The first-order valence-electron chi connectivity index (χ1n) is 9.77. The molecule has 0 rings (SSSR count). The van der Waals surface area contributed by atoms with Gasteiger partial charge in [-0.05, 0) is 12.8 Å². The molecule has 0 saturated heterocycles. The summed E-state index contributed by atoms with van der Waals surface area (Å²) < 4.78 is 166. The lowest BCUT2D eigenvalue weighted by Crippen LogP contribution is -2.69. The fourth-order valence-corrected chi connectivity index (χ4v) is 2.48. The highest BCUT2D eigenvalue weighted by atomic mass is 19.4. The van der Waals surface area contributed by atoms with Gasteiger partial charge >= 0.3 is 48.0 Å². The Bertz CT molecular complexity index is 714. The number of esters is 2. The monoisotopic (exact) mass is 546 g/mol. The number of carbonyl (C=O) groups excluding carboxylic acids is 2. The van der Waals surface area contributed by atoms with Crippen LogP contribution in [0.5, 0.6) is 0 Å². The third kappa shape index (κ3) is 6.84. The number of ether oxygens (including phenoxy) is 2. The lowest BCUT2D eigenvalue weighted by molar-refractivity contribution is -0.414. The fourth-order valence-electron chi connectivity index (χ4n) is 2.48. The summed E-state index contributed by atoms with van der Waals surface area (Å²) >= 11 is 0. The van der Waals surface area contributed by atoms with E-state index in [4.69, 9.17) is 9.84 Å². The molecule has 35 heavy (non-hydrogen) atoms. The Labute approximate surface area is 190 Å². The third-order valence-corrected chi connectivity index (χ3v) is 4.75. The molecular formula is C18H22F12O5. The number of aliphatic hydroxyl groups is 1. The minimum absolute atomic E-state index is 0.0634. The number of hydrogen-bond acceptors (Lipinski definition) is 5. The molecule has 0 aliphatic heterocycles. The average Bonchev–Trinajstić information content (AvgIpc) is 2.74. The van der Waals surface area contributed by atoms with Crippen LogP contribution in [0.25, 0.3) is 0 Å². The molecule has 0 aromatic carbocycles. The second kappa shape index (κ2) is 11.9. The van der Waals surface area contributed by atoms with Gasteiger partial charge in [0.2, 0.25) is 0 Å². The first-order valence-corrected chi connectivity index (χ1v) is 9.77. The van der Waals surface area contributed by atoms with Crippen molar-refractivity contribution in [2.24, 2.45) is 11.8 Å². The van der Waals surface area contributed by atoms with Gasteiger partial charge in [0.05, 0.1) is 18.4 Å². The number of aliphatic hydroxyl groups excluding tert-OH is 1. The van der Waals surface area contributed by atoms with Crippen molar-refractivity contribution in [3.63, 3.8) is 0 Å². The average molecular weight is 546 g/mol. The minimum atomic E-state index is -7.72. The molecule has 0 spiro atoms. The predicted molar refractivity (Wildman–Crippen MR) is 91.9 cm³/mol. The Morgan fingerprint density at radius 1 is 0.829 bits per heavy atom. The highest BCUT2D eigenvalue weighted by Gasteiger charge is 2.87. The molecule has 0 aliphatic rings. The second-order valence-corrected chi connectivity index (χ2v) is 7.45. The lowest BCUT2D eigenvalue weighted by Gasteiger charge is -2.39. The van der Waals surface area contributed by atoms with Gasteiger partial charge in [-0.2, -0.15) is 43.9 Å². The van der Waals surface area contributed by atoms with Crippen molar-refractivity contribution >= 4 is 11.9 Å². The van der Waals surface area contributed by atoms with Crippen molar-refractivity contribution in [2.75, 3.05) is 19.8 Å². The normalized spacial score (nSPS) is 15.7. The van der Waals surface area contributed by atoms with Crippen LogP contribution in [0.15, 0.2) is 0 Å². The number of alkyl halides is 12. The molecular weight excluding hydrogens is 524 g/mol. The van der Waals surface area contributed by atoms with Crippen LogP contribution in [0.2, 0.25) is 0 Å². The van der Waals surface area contributed by atoms with Crippen molar-refractivity contribution in [3.05, 3.63) is 0 Å². The van der Waals surface area contributed by atoms with Gasteiger partial charge in [0.15, 0.2) is 6.61 Å². The summed E-state index contributed by atoms with van der Waals surface area (Å²) in [5, 5.41) is 8.59. The molecule has 0 aromatic heterocycles. The van der Waals surface area contributed by atoms with Gasteiger partial charge in [-0.3, -0.25) is 9.59 Å². The van der Waals surface area contributed by atoms with Crippen molar-refractivity contribution < 1.29 is 76.9 Å². The Kier molecular flexibility index (Phi) is 11.2. The summed E-state index contributed by atoms with van der Waals surface area (Å²) in [5.74, 6) is -41.5. The standard InChI is InChI=1S/C18H22F12O5/c1-3-10(7-9(2)11(32)34-6-4-5-31)12(33)35-8-14(21,22)16(25,26)18(29,30)17(27,28)15(23,24)13(19)20/h9-10,13,31H,3-8H2,1-2H3. The fraction of sp³-hybridized carbons (Fsp3) is 0.889. The van der Waals surface area contributed by atoms with E-state index in [2.05, 4.69) is 4.74 Å². The molecule has 208 valence electrons. The van der Waals surface area contributed by atoms with Gasteiger partial charge in [-0.1, -0.05) is 13.8 Å². The number of halogens is 12. The maximum Gasteiger partial charge on any atom is 0.384 e. The van der Waals surface area contributed by atoms with E-state index in [9.17, 15) is 62.3 Å². The molecule has 0 bridgehead atoms. The molecule has 0 aromatic rings. The van der Waals surface area contributed by atoms with Crippen LogP contribution in [-0.2, 0) is 19.1 Å². The topological polar surface area (TPSA) is 72.8 Å². The summed E-state index contributed by atoms with van der Waals surface area (Å²) in [6.45, 7) is -1.10. The van der Waals surface area contributed by atoms with Crippen LogP contribution in [0, 0.1) is 11.8 Å². The highest BCUT2D eigenvalue weighted by molar-refractivity contribution is 5.75. The van der Waals surface area contributed by atoms with E-state index < -0.39 is 72.8 Å². The Balaban J connectivity index is 5.51. The minimum Gasteiger partial charge on any atom is -0.465 e. The summed E-state index contributed by atoms with van der Waals surface area (Å²) in [7, 11) is 0. The van der Waals surface area contributed by atoms with Crippen LogP contribution in [0.1, 0.15) is 33.1 Å². The summed E-state index contributed by atoms with van der Waals surface area (Å²) in [4.78, 5) is 23.7. The van der Waals surface area contributed by atoms with Crippen LogP contribution in [0.3, 0.4) is 0 Å². The zero-order valence-corrected chi connectivity index (χ0v) is 18.1. The van der Waals surface area contributed by atoms with Crippen molar-refractivity contribution in [1.29, 1.82) is 0 Å². The van der Waals surface area contributed by atoms with Gasteiger partial charge in [-0.25, -0.2) is 8.78 Å². The molecule has 0 saturated carbocycles. The second-order valence-electron chi connectivity index (χ2n) is 7.45. The number of carbonyl (C=O) groups is 2. The molecule has 2 atom stereocenters. The smallest absolute Gasteiger partial charge is 0.384 e. The molecule has 5 nitrogen and oxygen atoms in total. The van der Waals surface area contributed by atoms with Crippen LogP contribution < -0.4 is 0 Å². The molecule has 17 heteroatoms. The lowest BCUT2D eigenvalue weighted by atomic mass is 9.93. The molecule has 0 radical (unpaired) electrons. The van der Waals surface area contributed by atoms with E-state index in [1.807, 2.05) is 0 Å². The maximum atomic E-state index is 13.7. The van der Waals surface area contributed by atoms with E-state index >= 15 is 0 Å². The Morgan fingerprint density at radius 3 is 1.77 bits per heavy atom. The van der Waals surface area contributed by atoms with Crippen molar-refractivity contribution in [2.45, 2.75) is 69.1 Å². The zero-order chi connectivity index (χ0) is 28.0. The van der Waals surface area contributed by atoms with Crippen molar-refractivity contribution in [1.82, 2.24) is 0 Å². The molecule has 0 heterocycles. The molecule has 2 unspecified atom stereocenters. The van der Waals surface area contributed by atoms with Gasteiger partial charge in [0, 0.05) is 13.0 Å². The van der Waals surface area contributed by atoms with Gasteiger partial charge in [-0.15, -0.1) is 0 Å². The zero-order valence-electron chi connectivity index (χ0n) is 18.1. The summed E-state index contributed by atoms with van der Waals surface area (Å²) in [5.41, 5.74) is 0. The van der Waals surface area contributed by atoms with Crippen molar-refractivity contribution in [3.8, 4) is 0 Å². The number of hydrogen-bond donors (Lipinski definition) is 1.